The lowest BCUT2D eigenvalue weighted by atomic mass is 9.92. The molecule has 138 valence electrons. The van der Waals surface area contributed by atoms with Crippen molar-refractivity contribution in [1.82, 2.24) is 0 Å². The second-order valence-corrected chi connectivity index (χ2v) is 7.35. The van der Waals surface area contributed by atoms with Crippen LogP contribution in [0.2, 0.25) is 0 Å². The zero-order chi connectivity index (χ0) is 19.5. The lowest BCUT2D eigenvalue weighted by molar-refractivity contribution is 0.484. The van der Waals surface area contributed by atoms with Crippen molar-refractivity contribution < 1.29 is 9.52 Å². The maximum absolute atomic E-state index is 10.5. The predicted molar refractivity (Wildman–Crippen MR) is 120 cm³/mol. The molecule has 3 nitrogen and oxygen atoms in total. The van der Waals surface area contributed by atoms with Gasteiger partial charge in [-0.05, 0) is 45.3 Å². The first-order valence-corrected chi connectivity index (χ1v) is 9.56. The number of para-hydroxylation sites is 1. The number of benzene rings is 5. The molecule has 5 aromatic carbocycles. The van der Waals surface area contributed by atoms with Crippen LogP contribution in [0.1, 0.15) is 0 Å². The summed E-state index contributed by atoms with van der Waals surface area (Å²) in [4.78, 5) is 0. The van der Waals surface area contributed by atoms with Gasteiger partial charge < -0.3 is 15.3 Å². The molecule has 0 aliphatic carbocycles. The summed E-state index contributed by atoms with van der Waals surface area (Å²) in [7, 11) is 0. The Morgan fingerprint density at radius 1 is 0.655 bits per heavy atom. The first-order chi connectivity index (χ1) is 14.2. The van der Waals surface area contributed by atoms with Crippen molar-refractivity contribution in [3.05, 3.63) is 84.9 Å². The van der Waals surface area contributed by atoms with Gasteiger partial charge in [-0.15, -0.1) is 0 Å². The molecular formula is C26H17NO2. The van der Waals surface area contributed by atoms with E-state index in [9.17, 15) is 5.11 Å². The monoisotopic (exact) mass is 375 g/mol. The molecule has 0 unspecified atom stereocenters. The van der Waals surface area contributed by atoms with Gasteiger partial charge >= 0.3 is 0 Å². The van der Waals surface area contributed by atoms with Gasteiger partial charge in [-0.3, -0.25) is 0 Å². The van der Waals surface area contributed by atoms with Crippen LogP contribution < -0.4 is 5.73 Å². The fourth-order valence-electron chi connectivity index (χ4n) is 4.38. The third-order valence-electron chi connectivity index (χ3n) is 5.73. The van der Waals surface area contributed by atoms with E-state index in [1.54, 1.807) is 6.07 Å². The number of phenolic OH excluding ortho intramolecular Hbond substituents is 1. The molecule has 0 saturated carbocycles. The smallest absolute Gasteiger partial charge is 0.150 e. The molecular weight excluding hydrogens is 358 g/mol. The minimum Gasteiger partial charge on any atom is -0.505 e. The van der Waals surface area contributed by atoms with E-state index in [0.717, 1.165) is 22.1 Å². The summed E-state index contributed by atoms with van der Waals surface area (Å²) in [6.07, 6.45) is 0. The fourth-order valence-corrected chi connectivity index (χ4v) is 4.38. The van der Waals surface area contributed by atoms with Crippen molar-refractivity contribution in [2.75, 3.05) is 5.73 Å². The highest BCUT2D eigenvalue weighted by Gasteiger charge is 2.18. The summed E-state index contributed by atoms with van der Waals surface area (Å²) in [5, 5.41) is 16.8. The van der Waals surface area contributed by atoms with E-state index in [1.807, 2.05) is 18.2 Å². The first-order valence-electron chi connectivity index (χ1n) is 9.56. The predicted octanol–water partition coefficient (Wildman–Crippen LogP) is 6.85. The van der Waals surface area contributed by atoms with Crippen molar-refractivity contribution in [1.29, 1.82) is 0 Å². The lowest BCUT2D eigenvalue weighted by Crippen LogP contribution is -1.85. The number of nitrogens with two attached hydrogens (primary N) is 1. The largest absolute Gasteiger partial charge is 0.505 e. The zero-order valence-corrected chi connectivity index (χ0v) is 15.5. The van der Waals surface area contributed by atoms with Crippen LogP contribution >= 0.6 is 0 Å². The van der Waals surface area contributed by atoms with Crippen LogP contribution in [0, 0.1) is 0 Å². The quantitative estimate of drug-likeness (QED) is 0.188. The van der Waals surface area contributed by atoms with E-state index in [1.165, 1.54) is 21.5 Å². The Labute approximate surface area is 166 Å². The fraction of sp³-hybridized carbons (Fsp3) is 0. The number of anilines is 1. The second-order valence-electron chi connectivity index (χ2n) is 7.35. The molecule has 0 saturated heterocycles. The number of phenols is 1. The van der Waals surface area contributed by atoms with Gasteiger partial charge in [0.1, 0.15) is 16.9 Å². The number of rotatable bonds is 1. The Bertz CT molecular complexity index is 1580. The van der Waals surface area contributed by atoms with Gasteiger partial charge in [-0.1, -0.05) is 66.7 Å². The normalized spacial score (nSPS) is 11.7. The van der Waals surface area contributed by atoms with Crippen molar-refractivity contribution in [2.45, 2.75) is 0 Å². The van der Waals surface area contributed by atoms with E-state index < -0.39 is 0 Å². The average Bonchev–Trinajstić information content (AvgIpc) is 3.15. The van der Waals surface area contributed by atoms with E-state index in [0.29, 0.717) is 16.7 Å². The van der Waals surface area contributed by atoms with Crippen LogP contribution in [-0.4, -0.2) is 5.11 Å². The highest BCUT2D eigenvalue weighted by Crippen LogP contribution is 2.43. The van der Waals surface area contributed by atoms with E-state index in [2.05, 4.69) is 60.7 Å². The second kappa shape index (κ2) is 5.76. The van der Waals surface area contributed by atoms with Crippen LogP contribution in [-0.2, 0) is 0 Å². The molecule has 0 radical (unpaired) electrons. The number of hydrogen-bond donors (Lipinski definition) is 2. The lowest BCUT2D eigenvalue weighted by Gasteiger charge is -2.11. The summed E-state index contributed by atoms with van der Waals surface area (Å²) in [5.41, 5.74) is 9.77. The molecule has 3 N–H and O–H groups in total. The molecule has 29 heavy (non-hydrogen) atoms. The number of nitrogen functional groups attached to an aromatic ring is 1. The van der Waals surface area contributed by atoms with Crippen LogP contribution in [0.3, 0.4) is 0 Å². The van der Waals surface area contributed by atoms with Gasteiger partial charge in [0.15, 0.2) is 0 Å². The zero-order valence-electron chi connectivity index (χ0n) is 15.5. The van der Waals surface area contributed by atoms with Crippen molar-refractivity contribution >= 4 is 49.2 Å². The molecule has 0 atom stereocenters. The van der Waals surface area contributed by atoms with E-state index in [4.69, 9.17) is 10.2 Å². The van der Waals surface area contributed by atoms with E-state index >= 15 is 0 Å². The minimum absolute atomic E-state index is 0.0711. The van der Waals surface area contributed by atoms with Gasteiger partial charge in [0.25, 0.3) is 0 Å². The molecule has 6 rings (SSSR count). The van der Waals surface area contributed by atoms with E-state index in [-0.39, 0.29) is 5.75 Å². The third kappa shape index (κ3) is 2.18. The standard InChI is InChI=1S/C26H17NO2/c27-22-12-13-23-24(25(22)28)20-11-5-10-19(26(20)29-23)21-14-15-6-1-2-7-16(15)17-8-3-4-9-18(17)21/h1-14,28H,27H2. The van der Waals surface area contributed by atoms with Crippen LogP contribution in [0.4, 0.5) is 5.69 Å². The molecule has 0 amide bonds. The van der Waals surface area contributed by atoms with Gasteiger partial charge in [0.05, 0.1) is 11.1 Å². The topological polar surface area (TPSA) is 59.4 Å². The van der Waals surface area contributed by atoms with Crippen LogP contribution in [0.25, 0.3) is 54.6 Å². The summed E-state index contributed by atoms with van der Waals surface area (Å²) < 4.78 is 6.22. The Morgan fingerprint density at radius 3 is 2.24 bits per heavy atom. The summed E-state index contributed by atoms with van der Waals surface area (Å²) in [5.74, 6) is 0.0711. The van der Waals surface area contributed by atoms with Gasteiger partial charge in [-0.25, -0.2) is 0 Å². The molecule has 0 fully saturated rings. The molecule has 1 heterocycles. The van der Waals surface area contributed by atoms with Crippen molar-refractivity contribution in [3.8, 4) is 16.9 Å². The molecule has 0 spiro atoms. The Balaban J connectivity index is 1.79. The Morgan fingerprint density at radius 2 is 1.38 bits per heavy atom. The maximum Gasteiger partial charge on any atom is 0.150 e. The number of fused-ring (bicyclic) bond motifs is 6. The summed E-state index contributed by atoms with van der Waals surface area (Å²) in [6, 6.07) is 28.6. The van der Waals surface area contributed by atoms with Gasteiger partial charge in [0, 0.05) is 10.9 Å². The molecule has 0 aliphatic heterocycles. The summed E-state index contributed by atoms with van der Waals surface area (Å²) in [6.45, 7) is 0. The molecule has 0 bridgehead atoms. The van der Waals surface area contributed by atoms with Gasteiger partial charge in [-0.2, -0.15) is 0 Å². The van der Waals surface area contributed by atoms with Crippen LogP contribution in [0.15, 0.2) is 89.3 Å². The van der Waals surface area contributed by atoms with Crippen molar-refractivity contribution in [2.24, 2.45) is 0 Å². The Hall–Kier alpha value is -3.98. The van der Waals surface area contributed by atoms with Crippen molar-refractivity contribution in [3.63, 3.8) is 0 Å². The first kappa shape index (κ1) is 16.0. The Kier molecular flexibility index (Phi) is 3.18. The molecule has 6 aromatic rings. The molecule has 3 heteroatoms. The average molecular weight is 375 g/mol. The number of aromatic hydroxyl groups is 1. The highest BCUT2D eigenvalue weighted by molar-refractivity contribution is 6.18. The molecule has 1 aromatic heterocycles. The number of hydrogen-bond acceptors (Lipinski definition) is 3. The number of furan rings is 1. The SMILES string of the molecule is Nc1ccc2oc3c(-c4cc5ccccc5c5ccccc45)cccc3c2c1O. The van der Waals surface area contributed by atoms with Crippen LogP contribution in [0.5, 0.6) is 5.75 Å². The van der Waals surface area contributed by atoms with Gasteiger partial charge in [0.2, 0.25) is 0 Å². The highest BCUT2D eigenvalue weighted by atomic mass is 16.3. The minimum atomic E-state index is 0.0711. The summed E-state index contributed by atoms with van der Waals surface area (Å²) >= 11 is 0. The maximum atomic E-state index is 10.5. The molecule has 0 aliphatic rings. The third-order valence-corrected chi connectivity index (χ3v) is 5.73.